The van der Waals surface area contributed by atoms with E-state index >= 15 is 0 Å². The van der Waals surface area contributed by atoms with Crippen molar-refractivity contribution in [3.8, 4) is 0 Å². The zero-order chi connectivity index (χ0) is 34.0. The Morgan fingerprint density at radius 2 is 1.27 bits per heavy atom. The van der Waals surface area contributed by atoms with Gasteiger partial charge < -0.3 is 18.7 Å². The Kier molecular flexibility index (Phi) is 20.2. The lowest BCUT2D eigenvalue weighted by Crippen LogP contribution is -2.41. The molecule has 0 bridgehead atoms. The summed E-state index contributed by atoms with van der Waals surface area (Å²) in [6.07, 6.45) is 25.7. The fraction of sp³-hybridized carbons (Fsp3) is 0.684. The molecule has 0 amide bonds. The molecule has 1 unspecified atom stereocenters. The van der Waals surface area contributed by atoms with Crippen LogP contribution < -0.4 is 0 Å². The molecular weight excluding hydrogens is 577 g/mol. The van der Waals surface area contributed by atoms with Gasteiger partial charge in [-0.2, -0.15) is 0 Å². The van der Waals surface area contributed by atoms with Crippen LogP contribution in [0.5, 0.6) is 0 Å². The van der Waals surface area contributed by atoms with Gasteiger partial charge in [-0.3, -0.25) is 0 Å². The SMILES string of the molecule is CO[C@H](C/C=C\C=C\CC(C)/C=C/C[C@H](C)/C=C/C(=C\CO[Si](C)(C)C(C)(C)C)CCO[Si](C)(C)C(C)(C)C)/C(C)=C\CO. The Hall–Kier alpha value is -1.29. The molecule has 6 heteroatoms. The number of methoxy groups -OCH3 is 1. The molecule has 1 N–H and O–H groups in total. The normalized spacial score (nSPS) is 17.1. The van der Waals surface area contributed by atoms with Crippen molar-refractivity contribution in [1.82, 2.24) is 0 Å². The Bertz CT molecular complexity index is 972. The number of aliphatic hydroxyl groups excluding tert-OH is 1. The predicted octanol–water partition coefficient (Wildman–Crippen LogP) is 11.0. The van der Waals surface area contributed by atoms with E-state index in [9.17, 15) is 0 Å². The second kappa shape index (κ2) is 20.8. The van der Waals surface area contributed by atoms with Gasteiger partial charge in [0.1, 0.15) is 0 Å². The fourth-order valence-corrected chi connectivity index (χ4v) is 5.81. The minimum Gasteiger partial charge on any atom is -0.416 e. The molecule has 0 aliphatic rings. The first kappa shape index (κ1) is 42.7. The van der Waals surface area contributed by atoms with Crippen LogP contribution in [-0.2, 0) is 13.6 Å². The lowest BCUT2D eigenvalue weighted by Gasteiger charge is -2.36. The highest BCUT2D eigenvalue weighted by molar-refractivity contribution is 6.74. The van der Waals surface area contributed by atoms with Crippen LogP contribution in [0.1, 0.15) is 88.0 Å². The minimum atomic E-state index is -1.79. The number of allylic oxidation sites excluding steroid dienone is 7. The molecule has 254 valence electrons. The molecule has 0 radical (unpaired) electrons. The molecule has 0 spiro atoms. The van der Waals surface area contributed by atoms with Gasteiger partial charge in [0.15, 0.2) is 16.6 Å². The zero-order valence-corrected chi connectivity index (χ0v) is 33.1. The lowest BCUT2D eigenvalue weighted by molar-refractivity contribution is 0.133. The molecule has 0 rings (SSSR count). The number of hydrogen-bond acceptors (Lipinski definition) is 4. The molecule has 0 saturated heterocycles. The van der Waals surface area contributed by atoms with Crippen LogP contribution in [0.25, 0.3) is 0 Å². The molecule has 44 heavy (non-hydrogen) atoms. The van der Waals surface area contributed by atoms with Crippen LogP contribution in [0.15, 0.2) is 71.9 Å². The second-order valence-corrected chi connectivity index (χ2v) is 25.0. The quantitative estimate of drug-likeness (QED) is 0.0812. The van der Waals surface area contributed by atoms with E-state index in [-0.39, 0.29) is 22.8 Å². The van der Waals surface area contributed by atoms with E-state index in [4.69, 9.17) is 18.7 Å². The summed E-state index contributed by atoms with van der Waals surface area (Å²) in [7, 11) is -1.85. The number of aliphatic hydroxyl groups is 1. The standard InChI is InChI=1S/C38H70O4Si2/c1-32(20-17-15-16-18-23-36(40-10)34(3)26-29-39)21-19-22-33(2)24-25-35(27-30-41-43(11,12)37(4,5)6)28-31-42-44(13,14)38(7,8)9/h15-19,21,24-27,32-33,36,39H,20,22-23,28-31H2,1-14H3/b17-15+,18-16-,21-19+,25-24+,34-26-,35-27+/t32?,33-,36+/m0/s1. The second-order valence-electron chi connectivity index (χ2n) is 15.4. The first-order chi connectivity index (χ1) is 20.3. The Balaban J connectivity index is 5.06. The molecule has 0 aromatic rings. The molecule has 0 aromatic heterocycles. The highest BCUT2D eigenvalue weighted by Crippen LogP contribution is 2.37. The maximum Gasteiger partial charge on any atom is 0.192 e. The fourth-order valence-electron chi connectivity index (χ4n) is 3.83. The van der Waals surface area contributed by atoms with E-state index in [0.717, 1.165) is 37.9 Å². The predicted molar refractivity (Wildman–Crippen MR) is 199 cm³/mol. The van der Waals surface area contributed by atoms with Gasteiger partial charge >= 0.3 is 0 Å². The smallest absolute Gasteiger partial charge is 0.192 e. The van der Waals surface area contributed by atoms with Gasteiger partial charge in [0, 0.05) is 13.7 Å². The third-order valence-corrected chi connectivity index (χ3v) is 18.4. The third-order valence-electron chi connectivity index (χ3n) is 9.31. The summed E-state index contributed by atoms with van der Waals surface area (Å²) in [5, 5.41) is 9.50. The van der Waals surface area contributed by atoms with E-state index in [0.29, 0.717) is 18.4 Å². The van der Waals surface area contributed by atoms with Crippen molar-refractivity contribution in [3.63, 3.8) is 0 Å². The van der Waals surface area contributed by atoms with Crippen molar-refractivity contribution in [2.45, 2.75) is 130 Å². The van der Waals surface area contributed by atoms with Crippen LogP contribution in [0.4, 0.5) is 0 Å². The van der Waals surface area contributed by atoms with Crippen LogP contribution in [0.3, 0.4) is 0 Å². The van der Waals surface area contributed by atoms with Crippen molar-refractivity contribution >= 4 is 16.6 Å². The summed E-state index contributed by atoms with van der Waals surface area (Å²) in [6.45, 7) is 31.1. The summed E-state index contributed by atoms with van der Waals surface area (Å²) in [5.41, 5.74) is 2.37. The Labute approximate surface area is 275 Å². The van der Waals surface area contributed by atoms with Crippen molar-refractivity contribution in [1.29, 1.82) is 0 Å². The van der Waals surface area contributed by atoms with Crippen LogP contribution in [0.2, 0.25) is 36.3 Å². The van der Waals surface area contributed by atoms with E-state index in [1.807, 2.05) is 6.92 Å². The maximum atomic E-state index is 9.08. The topological polar surface area (TPSA) is 47.9 Å². The van der Waals surface area contributed by atoms with Crippen molar-refractivity contribution in [3.05, 3.63) is 71.9 Å². The first-order valence-corrected chi connectivity index (χ1v) is 22.5. The van der Waals surface area contributed by atoms with Crippen molar-refractivity contribution in [2.24, 2.45) is 11.8 Å². The summed E-state index contributed by atoms with van der Waals surface area (Å²) in [4.78, 5) is 0. The molecular formula is C38H70O4Si2. The average molecular weight is 647 g/mol. The average Bonchev–Trinajstić information content (AvgIpc) is 2.89. The van der Waals surface area contributed by atoms with Gasteiger partial charge in [0.05, 0.1) is 19.3 Å². The van der Waals surface area contributed by atoms with E-state index < -0.39 is 16.6 Å². The summed E-state index contributed by atoms with van der Waals surface area (Å²) >= 11 is 0. The van der Waals surface area contributed by atoms with Gasteiger partial charge in [-0.05, 0) is 91.9 Å². The maximum absolute atomic E-state index is 9.08. The van der Waals surface area contributed by atoms with Gasteiger partial charge in [0.25, 0.3) is 0 Å². The molecule has 0 aliphatic heterocycles. The molecule has 0 fully saturated rings. The molecule has 0 saturated carbocycles. The lowest BCUT2D eigenvalue weighted by atomic mass is 10.0. The van der Waals surface area contributed by atoms with Crippen LogP contribution in [-0.4, -0.2) is 54.8 Å². The molecule has 0 aromatic carbocycles. The molecule has 0 heterocycles. The highest BCUT2D eigenvalue weighted by atomic mass is 28.4. The Morgan fingerprint density at radius 1 is 0.750 bits per heavy atom. The number of hydrogen-bond donors (Lipinski definition) is 1. The minimum absolute atomic E-state index is 0.0162. The number of rotatable bonds is 20. The van der Waals surface area contributed by atoms with E-state index in [2.05, 4.69) is 136 Å². The molecule has 3 atom stereocenters. The summed E-state index contributed by atoms with van der Waals surface area (Å²) in [6, 6.07) is 0. The highest BCUT2D eigenvalue weighted by Gasteiger charge is 2.37. The summed E-state index contributed by atoms with van der Waals surface area (Å²) < 4.78 is 18.5. The summed E-state index contributed by atoms with van der Waals surface area (Å²) in [5.74, 6) is 0.952. The molecule has 0 aliphatic carbocycles. The third kappa shape index (κ3) is 18.0. The van der Waals surface area contributed by atoms with Crippen LogP contribution in [0, 0.1) is 11.8 Å². The van der Waals surface area contributed by atoms with Gasteiger partial charge in [-0.15, -0.1) is 0 Å². The van der Waals surface area contributed by atoms with Crippen LogP contribution >= 0.6 is 0 Å². The van der Waals surface area contributed by atoms with Gasteiger partial charge in [-0.1, -0.05) is 116 Å². The Morgan fingerprint density at radius 3 is 1.82 bits per heavy atom. The van der Waals surface area contributed by atoms with Gasteiger partial charge in [-0.25, -0.2) is 0 Å². The monoisotopic (exact) mass is 646 g/mol. The number of ether oxygens (including phenoxy) is 1. The molecule has 4 nitrogen and oxygen atoms in total. The zero-order valence-electron chi connectivity index (χ0n) is 31.1. The van der Waals surface area contributed by atoms with Gasteiger partial charge in [0.2, 0.25) is 0 Å². The largest absolute Gasteiger partial charge is 0.416 e. The van der Waals surface area contributed by atoms with Crippen molar-refractivity contribution in [2.75, 3.05) is 26.9 Å². The van der Waals surface area contributed by atoms with E-state index in [1.165, 1.54) is 5.57 Å². The first-order valence-electron chi connectivity index (χ1n) is 16.7. The van der Waals surface area contributed by atoms with E-state index in [1.54, 1.807) is 13.2 Å². The van der Waals surface area contributed by atoms with Crippen molar-refractivity contribution < 1.29 is 18.7 Å².